The Morgan fingerprint density at radius 2 is 1.54 bits per heavy atom. The first-order chi connectivity index (χ1) is 13.7. The van der Waals surface area contributed by atoms with Crippen LogP contribution in [0.1, 0.15) is 15.4 Å². The summed E-state index contributed by atoms with van der Waals surface area (Å²) in [7, 11) is 0. The van der Waals surface area contributed by atoms with Crippen molar-refractivity contribution < 1.29 is 4.79 Å². The van der Waals surface area contributed by atoms with Gasteiger partial charge in [0.05, 0.1) is 11.4 Å². The molecule has 0 unspecified atom stereocenters. The molecule has 0 spiro atoms. The fourth-order valence-corrected chi connectivity index (χ4v) is 3.66. The Hall–Kier alpha value is -3.51. The molecule has 5 nitrogen and oxygen atoms in total. The Kier molecular flexibility index (Phi) is 5.12. The van der Waals surface area contributed by atoms with Gasteiger partial charge in [0.2, 0.25) is 0 Å². The molecule has 1 amide bonds. The predicted molar refractivity (Wildman–Crippen MR) is 114 cm³/mol. The molecule has 2 aromatic heterocycles. The standard InChI is InChI=1S/C22H18N4OS/c1-15-20(28-22(24-15)19-9-5-6-14-23-19)21(27)26-18-12-10-17(11-13-18)25-16-7-3-2-4-8-16/h2-14,25H,1H3,(H,26,27). The van der Waals surface area contributed by atoms with E-state index in [1.807, 2.05) is 79.7 Å². The molecule has 0 aliphatic carbocycles. The number of nitrogens with one attached hydrogen (secondary N) is 2. The van der Waals surface area contributed by atoms with Crippen LogP contribution in [0.4, 0.5) is 17.1 Å². The number of para-hydroxylation sites is 1. The number of benzene rings is 2. The molecule has 4 rings (SSSR count). The molecule has 0 saturated heterocycles. The minimum Gasteiger partial charge on any atom is -0.356 e. The third-order valence-electron chi connectivity index (χ3n) is 4.09. The highest BCUT2D eigenvalue weighted by atomic mass is 32.1. The first kappa shape index (κ1) is 17.9. The Morgan fingerprint density at radius 3 is 2.25 bits per heavy atom. The van der Waals surface area contributed by atoms with Gasteiger partial charge >= 0.3 is 0 Å². The van der Waals surface area contributed by atoms with E-state index >= 15 is 0 Å². The summed E-state index contributed by atoms with van der Waals surface area (Å²) >= 11 is 1.35. The Morgan fingerprint density at radius 1 is 0.857 bits per heavy atom. The Bertz CT molecular complexity index is 1080. The van der Waals surface area contributed by atoms with E-state index in [0.29, 0.717) is 10.6 Å². The maximum atomic E-state index is 12.7. The number of nitrogens with zero attached hydrogens (tertiary/aromatic N) is 2. The molecule has 2 aromatic carbocycles. The van der Waals surface area contributed by atoms with Gasteiger partial charge < -0.3 is 10.6 Å². The van der Waals surface area contributed by atoms with Crippen LogP contribution in [0.2, 0.25) is 0 Å². The first-order valence-electron chi connectivity index (χ1n) is 8.81. The van der Waals surface area contributed by atoms with Gasteiger partial charge in [0.25, 0.3) is 5.91 Å². The van der Waals surface area contributed by atoms with Crippen molar-refractivity contribution >= 4 is 34.3 Å². The molecular formula is C22H18N4OS. The number of anilines is 3. The molecule has 4 aromatic rings. The molecule has 0 aliphatic rings. The molecule has 138 valence electrons. The number of aryl methyl sites for hydroxylation is 1. The second-order valence-electron chi connectivity index (χ2n) is 6.17. The molecule has 2 N–H and O–H groups in total. The van der Waals surface area contributed by atoms with Crippen molar-refractivity contribution in [3.8, 4) is 10.7 Å². The summed E-state index contributed by atoms with van der Waals surface area (Å²) in [6, 6.07) is 23.2. The van der Waals surface area contributed by atoms with Gasteiger partial charge in [0, 0.05) is 23.3 Å². The average Bonchev–Trinajstić information content (AvgIpc) is 3.13. The molecule has 0 aliphatic heterocycles. The van der Waals surface area contributed by atoms with Crippen molar-refractivity contribution in [1.82, 2.24) is 9.97 Å². The average molecular weight is 386 g/mol. The van der Waals surface area contributed by atoms with Crippen molar-refractivity contribution in [2.45, 2.75) is 6.92 Å². The Labute approximate surface area is 167 Å². The number of aromatic nitrogens is 2. The SMILES string of the molecule is Cc1nc(-c2ccccn2)sc1C(=O)Nc1ccc(Nc2ccccc2)cc1. The number of rotatable bonds is 5. The normalized spacial score (nSPS) is 10.5. The summed E-state index contributed by atoms with van der Waals surface area (Å²) in [6.07, 6.45) is 1.72. The maximum Gasteiger partial charge on any atom is 0.267 e. The van der Waals surface area contributed by atoms with E-state index in [1.54, 1.807) is 6.20 Å². The van der Waals surface area contributed by atoms with Crippen molar-refractivity contribution in [1.29, 1.82) is 0 Å². The van der Waals surface area contributed by atoms with Crippen LogP contribution < -0.4 is 10.6 Å². The number of pyridine rings is 1. The van der Waals surface area contributed by atoms with E-state index in [0.717, 1.165) is 27.8 Å². The fraction of sp³-hybridized carbons (Fsp3) is 0.0455. The van der Waals surface area contributed by atoms with E-state index in [-0.39, 0.29) is 5.91 Å². The number of thiazole rings is 1. The molecule has 0 fully saturated rings. The van der Waals surface area contributed by atoms with Crippen LogP contribution in [0.15, 0.2) is 79.0 Å². The van der Waals surface area contributed by atoms with Gasteiger partial charge in [0.1, 0.15) is 9.88 Å². The third kappa shape index (κ3) is 4.07. The van der Waals surface area contributed by atoms with E-state index in [9.17, 15) is 4.79 Å². The zero-order valence-electron chi connectivity index (χ0n) is 15.2. The molecule has 0 saturated carbocycles. The monoisotopic (exact) mass is 386 g/mol. The van der Waals surface area contributed by atoms with Gasteiger partial charge in [-0.1, -0.05) is 24.3 Å². The van der Waals surface area contributed by atoms with Gasteiger partial charge in [-0.15, -0.1) is 11.3 Å². The van der Waals surface area contributed by atoms with Crippen molar-refractivity contribution in [3.05, 3.63) is 89.6 Å². The second kappa shape index (κ2) is 8.02. The summed E-state index contributed by atoms with van der Waals surface area (Å²) in [6.45, 7) is 1.84. The van der Waals surface area contributed by atoms with Crippen LogP contribution in [0, 0.1) is 6.92 Å². The van der Waals surface area contributed by atoms with Gasteiger partial charge in [-0.2, -0.15) is 0 Å². The van der Waals surface area contributed by atoms with E-state index < -0.39 is 0 Å². The summed E-state index contributed by atoms with van der Waals surface area (Å²) in [5.41, 5.74) is 4.17. The van der Waals surface area contributed by atoms with Gasteiger partial charge in [-0.3, -0.25) is 9.78 Å². The zero-order chi connectivity index (χ0) is 19.3. The largest absolute Gasteiger partial charge is 0.356 e. The highest BCUT2D eigenvalue weighted by Gasteiger charge is 2.17. The number of amides is 1. The van der Waals surface area contributed by atoms with Gasteiger partial charge in [-0.05, 0) is 55.5 Å². The quantitative estimate of drug-likeness (QED) is 0.475. The minimum atomic E-state index is -0.166. The highest BCUT2D eigenvalue weighted by molar-refractivity contribution is 7.17. The molecule has 6 heteroatoms. The second-order valence-corrected chi connectivity index (χ2v) is 7.17. The van der Waals surface area contributed by atoms with Crippen molar-refractivity contribution in [2.75, 3.05) is 10.6 Å². The van der Waals surface area contributed by atoms with E-state index in [4.69, 9.17) is 0 Å². The third-order valence-corrected chi connectivity index (χ3v) is 5.27. The van der Waals surface area contributed by atoms with Crippen LogP contribution in [0.3, 0.4) is 0 Å². The fourth-order valence-electron chi connectivity index (χ4n) is 2.72. The lowest BCUT2D eigenvalue weighted by molar-refractivity contribution is 0.103. The predicted octanol–water partition coefficient (Wildman–Crippen LogP) is 5.51. The summed E-state index contributed by atoms with van der Waals surface area (Å²) < 4.78 is 0. The molecule has 28 heavy (non-hydrogen) atoms. The van der Waals surface area contributed by atoms with Gasteiger partial charge in [-0.25, -0.2) is 4.98 Å². The number of hydrogen-bond acceptors (Lipinski definition) is 5. The molecule has 0 bridgehead atoms. The zero-order valence-corrected chi connectivity index (χ0v) is 16.0. The molecular weight excluding hydrogens is 368 g/mol. The first-order valence-corrected chi connectivity index (χ1v) is 9.63. The summed E-state index contributed by atoms with van der Waals surface area (Å²) in [5.74, 6) is -0.166. The molecule has 0 radical (unpaired) electrons. The smallest absolute Gasteiger partial charge is 0.267 e. The highest BCUT2D eigenvalue weighted by Crippen LogP contribution is 2.27. The van der Waals surface area contributed by atoms with Crippen LogP contribution in [-0.4, -0.2) is 15.9 Å². The summed E-state index contributed by atoms with van der Waals surface area (Å²) in [5, 5.41) is 7.00. The van der Waals surface area contributed by atoms with Crippen LogP contribution in [0.5, 0.6) is 0 Å². The van der Waals surface area contributed by atoms with E-state index in [2.05, 4.69) is 20.6 Å². The lowest BCUT2D eigenvalue weighted by Gasteiger charge is -2.08. The summed E-state index contributed by atoms with van der Waals surface area (Å²) in [4.78, 5) is 22.1. The number of hydrogen-bond donors (Lipinski definition) is 2. The number of carbonyl (C=O) groups is 1. The van der Waals surface area contributed by atoms with Gasteiger partial charge in [0.15, 0.2) is 0 Å². The molecule has 2 heterocycles. The van der Waals surface area contributed by atoms with E-state index in [1.165, 1.54) is 11.3 Å². The van der Waals surface area contributed by atoms with Crippen molar-refractivity contribution in [3.63, 3.8) is 0 Å². The lowest BCUT2D eigenvalue weighted by Crippen LogP contribution is -2.11. The molecule has 0 atom stereocenters. The topological polar surface area (TPSA) is 66.9 Å². The van der Waals surface area contributed by atoms with Crippen LogP contribution in [0.25, 0.3) is 10.7 Å². The number of carbonyl (C=O) groups excluding carboxylic acids is 1. The Balaban J connectivity index is 1.46. The lowest BCUT2D eigenvalue weighted by atomic mass is 10.2. The van der Waals surface area contributed by atoms with Crippen molar-refractivity contribution in [2.24, 2.45) is 0 Å². The van der Waals surface area contributed by atoms with Crippen LogP contribution >= 0.6 is 11.3 Å². The minimum absolute atomic E-state index is 0.166. The maximum absolute atomic E-state index is 12.7. The van der Waals surface area contributed by atoms with Crippen LogP contribution in [-0.2, 0) is 0 Å².